The van der Waals surface area contributed by atoms with Gasteiger partial charge in [-0.25, -0.2) is 4.98 Å². The summed E-state index contributed by atoms with van der Waals surface area (Å²) >= 11 is 0. The zero-order valence-electron chi connectivity index (χ0n) is 19.0. The summed E-state index contributed by atoms with van der Waals surface area (Å²) in [5, 5.41) is 0. The zero-order valence-corrected chi connectivity index (χ0v) is 19.0. The fourth-order valence-electron chi connectivity index (χ4n) is 4.46. The molecule has 7 heteroatoms. The molecule has 7 nitrogen and oxygen atoms in total. The van der Waals surface area contributed by atoms with E-state index in [0.29, 0.717) is 43.9 Å². The van der Waals surface area contributed by atoms with Gasteiger partial charge in [0.2, 0.25) is 0 Å². The number of aryl methyl sites for hydroxylation is 2. The number of hydrogen-bond donors (Lipinski definition) is 0. The summed E-state index contributed by atoms with van der Waals surface area (Å²) in [5.41, 5.74) is 4.03. The molecule has 0 atom stereocenters. The lowest BCUT2D eigenvalue weighted by Gasteiger charge is -2.37. The molecule has 168 valence electrons. The summed E-state index contributed by atoms with van der Waals surface area (Å²) in [4.78, 5) is 37.0. The number of carbonyl (C=O) groups excluding carboxylic acids is 2. The quantitative estimate of drug-likeness (QED) is 0.493. The molecule has 3 heterocycles. The molecule has 2 aliphatic heterocycles. The van der Waals surface area contributed by atoms with Crippen LogP contribution in [0.2, 0.25) is 0 Å². The van der Waals surface area contributed by atoms with Crippen LogP contribution in [0.3, 0.4) is 0 Å². The van der Waals surface area contributed by atoms with Gasteiger partial charge in [0.1, 0.15) is 11.5 Å². The van der Waals surface area contributed by atoms with E-state index in [1.807, 2.05) is 44.2 Å². The Morgan fingerprint density at radius 1 is 0.969 bits per heavy atom. The third-order valence-corrected chi connectivity index (χ3v) is 6.09. The number of anilines is 1. The summed E-state index contributed by atoms with van der Waals surface area (Å²) in [6.45, 7) is 7.69. The van der Waals surface area contributed by atoms with Crippen molar-refractivity contribution in [2.75, 3.05) is 51.3 Å². The predicted octanol–water partition coefficient (Wildman–Crippen LogP) is 2.64. The number of benzene rings is 1. The first-order chi connectivity index (χ1) is 15.5. The molecular formula is C25H30N4O3. The number of methoxy groups -OCH3 is 1. The Bertz CT molecular complexity index is 1030. The number of aromatic nitrogens is 1. The maximum Gasteiger partial charge on any atom is 0.277 e. The number of amides is 2. The van der Waals surface area contributed by atoms with Gasteiger partial charge in [0.05, 0.1) is 5.57 Å². The molecule has 1 fully saturated rings. The number of piperazine rings is 1. The monoisotopic (exact) mass is 434 g/mol. The molecule has 4 rings (SSSR count). The number of nitrogens with zero attached hydrogens (tertiary/aromatic N) is 4. The molecular weight excluding hydrogens is 404 g/mol. The normalized spacial score (nSPS) is 17.0. The van der Waals surface area contributed by atoms with Crippen LogP contribution in [-0.2, 0) is 14.3 Å². The van der Waals surface area contributed by atoms with Crippen LogP contribution < -0.4 is 4.90 Å². The van der Waals surface area contributed by atoms with Crippen molar-refractivity contribution in [2.45, 2.75) is 20.3 Å². The summed E-state index contributed by atoms with van der Waals surface area (Å²) in [6.07, 6.45) is 2.41. The fraction of sp³-hybridized carbons (Fsp3) is 0.400. The number of pyridine rings is 1. The van der Waals surface area contributed by atoms with Gasteiger partial charge in [0.15, 0.2) is 0 Å². The maximum atomic E-state index is 13.5. The Balaban J connectivity index is 1.64. The van der Waals surface area contributed by atoms with Gasteiger partial charge >= 0.3 is 0 Å². The lowest BCUT2D eigenvalue weighted by Crippen LogP contribution is -2.48. The first-order valence-electron chi connectivity index (χ1n) is 11.1. The highest BCUT2D eigenvalue weighted by atomic mass is 16.5. The van der Waals surface area contributed by atoms with Crippen LogP contribution in [-0.4, -0.2) is 73.0 Å². The molecule has 0 radical (unpaired) electrons. The average Bonchev–Trinajstić information content (AvgIpc) is 3.04. The largest absolute Gasteiger partial charge is 0.385 e. The molecule has 0 unspecified atom stereocenters. The van der Waals surface area contributed by atoms with Crippen LogP contribution in [0, 0.1) is 13.8 Å². The molecule has 2 aliphatic rings. The Morgan fingerprint density at radius 3 is 2.38 bits per heavy atom. The number of hydrogen-bond acceptors (Lipinski definition) is 6. The Kier molecular flexibility index (Phi) is 6.55. The first-order valence-corrected chi connectivity index (χ1v) is 11.1. The molecule has 1 aromatic carbocycles. The molecule has 0 spiro atoms. The van der Waals surface area contributed by atoms with E-state index < -0.39 is 0 Å². The molecule has 2 aromatic rings. The minimum absolute atomic E-state index is 0.202. The van der Waals surface area contributed by atoms with Crippen LogP contribution in [0.1, 0.15) is 23.1 Å². The van der Waals surface area contributed by atoms with Crippen molar-refractivity contribution in [3.05, 3.63) is 65.0 Å². The molecule has 2 amide bonds. The van der Waals surface area contributed by atoms with E-state index in [0.717, 1.165) is 35.6 Å². The van der Waals surface area contributed by atoms with E-state index in [1.165, 1.54) is 4.90 Å². The van der Waals surface area contributed by atoms with E-state index in [-0.39, 0.29) is 11.8 Å². The van der Waals surface area contributed by atoms with Gasteiger partial charge in [-0.05, 0) is 43.5 Å². The van der Waals surface area contributed by atoms with Gasteiger partial charge in [-0.15, -0.1) is 0 Å². The fourth-order valence-corrected chi connectivity index (χ4v) is 4.46. The minimum Gasteiger partial charge on any atom is -0.385 e. The van der Waals surface area contributed by atoms with Crippen LogP contribution in [0.15, 0.2) is 48.3 Å². The molecule has 1 aromatic heterocycles. The van der Waals surface area contributed by atoms with Crippen molar-refractivity contribution in [3.63, 3.8) is 0 Å². The third-order valence-electron chi connectivity index (χ3n) is 6.09. The summed E-state index contributed by atoms with van der Waals surface area (Å²) in [7, 11) is 1.62. The van der Waals surface area contributed by atoms with E-state index in [1.54, 1.807) is 13.3 Å². The number of ether oxygens (including phenoxy) is 1. The highest BCUT2D eigenvalue weighted by Crippen LogP contribution is 2.34. The van der Waals surface area contributed by atoms with Crippen molar-refractivity contribution in [2.24, 2.45) is 0 Å². The van der Waals surface area contributed by atoms with Gasteiger partial charge < -0.3 is 14.5 Å². The molecule has 0 N–H and O–H groups in total. The summed E-state index contributed by atoms with van der Waals surface area (Å²) in [5.74, 6) is 0.526. The number of rotatable bonds is 7. The highest BCUT2D eigenvalue weighted by molar-refractivity contribution is 6.35. The van der Waals surface area contributed by atoms with Crippen molar-refractivity contribution in [1.29, 1.82) is 0 Å². The van der Waals surface area contributed by atoms with Gasteiger partial charge in [0, 0.05) is 52.6 Å². The van der Waals surface area contributed by atoms with Crippen molar-refractivity contribution >= 4 is 23.2 Å². The molecule has 1 saturated heterocycles. The summed E-state index contributed by atoms with van der Waals surface area (Å²) in [6, 6.07) is 11.9. The van der Waals surface area contributed by atoms with Crippen molar-refractivity contribution < 1.29 is 14.3 Å². The number of carbonyl (C=O) groups is 2. The highest BCUT2D eigenvalue weighted by Gasteiger charge is 2.42. The van der Waals surface area contributed by atoms with E-state index in [2.05, 4.69) is 20.9 Å². The second kappa shape index (κ2) is 9.53. The van der Waals surface area contributed by atoms with E-state index in [4.69, 9.17) is 4.74 Å². The maximum absolute atomic E-state index is 13.5. The molecule has 32 heavy (non-hydrogen) atoms. The standard InChI is InChI=1S/C25H30N4O3/c1-18-8-9-20(19(2)17-18)22-23(25(31)29(24(22)30)11-6-16-32-3)28-14-12-27(13-15-28)21-7-4-5-10-26-21/h4-5,7-10,17H,6,11-16H2,1-3H3. The zero-order chi connectivity index (χ0) is 22.7. The Labute approximate surface area is 189 Å². The van der Waals surface area contributed by atoms with Crippen molar-refractivity contribution in [3.8, 4) is 0 Å². The van der Waals surface area contributed by atoms with Crippen LogP contribution in [0.25, 0.3) is 5.57 Å². The average molecular weight is 435 g/mol. The predicted molar refractivity (Wildman–Crippen MR) is 124 cm³/mol. The molecule has 0 aliphatic carbocycles. The minimum atomic E-state index is -0.208. The van der Waals surface area contributed by atoms with Gasteiger partial charge in [0.25, 0.3) is 11.8 Å². The third kappa shape index (κ3) is 4.25. The number of imide groups is 1. The second-order valence-electron chi connectivity index (χ2n) is 8.31. The SMILES string of the molecule is COCCCN1C(=O)C(c2ccc(C)cc2C)=C(N2CCN(c3ccccn3)CC2)C1=O. The summed E-state index contributed by atoms with van der Waals surface area (Å²) < 4.78 is 5.13. The van der Waals surface area contributed by atoms with E-state index in [9.17, 15) is 9.59 Å². The molecule has 0 saturated carbocycles. The van der Waals surface area contributed by atoms with Gasteiger partial charge in [-0.2, -0.15) is 0 Å². The first kappa shape index (κ1) is 22.0. The Hall–Kier alpha value is -3.19. The van der Waals surface area contributed by atoms with Gasteiger partial charge in [-0.1, -0.05) is 29.8 Å². The van der Waals surface area contributed by atoms with Crippen LogP contribution in [0.4, 0.5) is 5.82 Å². The Morgan fingerprint density at radius 2 is 1.72 bits per heavy atom. The van der Waals surface area contributed by atoms with Gasteiger partial charge in [-0.3, -0.25) is 14.5 Å². The lowest BCUT2D eigenvalue weighted by molar-refractivity contribution is -0.137. The van der Waals surface area contributed by atoms with Crippen LogP contribution in [0.5, 0.6) is 0 Å². The second-order valence-corrected chi connectivity index (χ2v) is 8.31. The molecule has 0 bridgehead atoms. The van der Waals surface area contributed by atoms with Crippen molar-refractivity contribution in [1.82, 2.24) is 14.8 Å². The topological polar surface area (TPSA) is 66.0 Å². The van der Waals surface area contributed by atoms with Crippen LogP contribution >= 0.6 is 0 Å². The van der Waals surface area contributed by atoms with E-state index >= 15 is 0 Å². The lowest BCUT2D eigenvalue weighted by atomic mass is 9.97. The smallest absolute Gasteiger partial charge is 0.277 e.